The highest BCUT2D eigenvalue weighted by Crippen LogP contribution is 2.39. The van der Waals surface area contributed by atoms with Crippen LogP contribution in [0, 0.1) is 5.82 Å². The van der Waals surface area contributed by atoms with Crippen molar-refractivity contribution in [2.24, 2.45) is 0 Å². The largest absolute Gasteiger partial charge is 0.464 e. The van der Waals surface area contributed by atoms with Crippen molar-refractivity contribution in [1.82, 2.24) is 4.98 Å². The number of rotatable bonds is 3. The van der Waals surface area contributed by atoms with Gasteiger partial charge in [-0.3, -0.25) is 0 Å². The minimum Gasteiger partial charge on any atom is -0.464 e. The first-order valence-corrected chi connectivity index (χ1v) is 8.17. The number of benzene rings is 1. The lowest BCUT2D eigenvalue weighted by Gasteiger charge is -2.34. The number of carbonyl (C=O) groups is 1. The topological polar surface area (TPSA) is 77.9 Å². The molecule has 0 saturated carbocycles. The maximum atomic E-state index is 13.4. The Balaban J connectivity index is 2.11. The predicted molar refractivity (Wildman–Crippen MR) is 90.5 cm³/mol. The first-order valence-electron chi connectivity index (χ1n) is 7.79. The summed E-state index contributed by atoms with van der Waals surface area (Å²) in [6.45, 7) is 3.48. The number of halogens is 2. The Hall–Kier alpha value is -2.22. The van der Waals surface area contributed by atoms with Crippen molar-refractivity contribution in [3.63, 3.8) is 0 Å². The summed E-state index contributed by atoms with van der Waals surface area (Å²) in [6, 6.07) is 3.91. The third-order valence-electron chi connectivity index (χ3n) is 4.02. The van der Waals surface area contributed by atoms with Crippen LogP contribution in [0.1, 0.15) is 47.1 Å². The maximum absolute atomic E-state index is 13.4. The second-order valence-electron chi connectivity index (χ2n) is 6.23. The first kappa shape index (κ1) is 18.6. The van der Waals surface area contributed by atoms with Crippen molar-refractivity contribution in [2.75, 3.05) is 7.11 Å². The number of aliphatic hydroxyl groups excluding tert-OH is 1. The van der Waals surface area contributed by atoms with Gasteiger partial charge in [-0.15, -0.1) is 0 Å². The van der Waals surface area contributed by atoms with E-state index in [2.05, 4.69) is 4.98 Å². The van der Waals surface area contributed by atoms with Crippen LogP contribution in [0.3, 0.4) is 0 Å². The van der Waals surface area contributed by atoms with E-state index in [0.717, 1.165) is 0 Å². The Morgan fingerprint density at radius 3 is 2.85 bits per heavy atom. The molecule has 1 aromatic heterocycles. The minimum absolute atomic E-state index is 0.00744. The van der Waals surface area contributed by atoms with Crippen molar-refractivity contribution in [3.05, 3.63) is 57.6 Å². The van der Waals surface area contributed by atoms with Crippen LogP contribution < -0.4 is 4.74 Å². The lowest BCUT2D eigenvalue weighted by Crippen LogP contribution is -2.37. The molecule has 1 aliphatic rings. The van der Waals surface area contributed by atoms with E-state index in [1.54, 1.807) is 13.8 Å². The summed E-state index contributed by atoms with van der Waals surface area (Å²) in [5, 5.41) is 10.6. The maximum Gasteiger partial charge on any atom is 0.360 e. The Bertz CT molecular complexity index is 871. The normalized spacial score (nSPS) is 16.4. The third kappa shape index (κ3) is 3.38. The molecule has 6 nitrogen and oxygen atoms in total. The van der Waals surface area contributed by atoms with Crippen LogP contribution >= 0.6 is 11.6 Å². The van der Waals surface area contributed by atoms with Gasteiger partial charge in [-0.2, -0.15) is 0 Å². The molecule has 0 radical (unpaired) electrons. The average Bonchev–Trinajstić information content (AvgIpc) is 2.61. The highest BCUT2D eigenvalue weighted by molar-refractivity contribution is 6.30. The monoisotopic (exact) mass is 381 g/mol. The van der Waals surface area contributed by atoms with Gasteiger partial charge < -0.3 is 19.3 Å². The van der Waals surface area contributed by atoms with E-state index >= 15 is 0 Å². The second-order valence-corrected chi connectivity index (χ2v) is 6.64. The van der Waals surface area contributed by atoms with Crippen molar-refractivity contribution in [3.8, 4) is 5.75 Å². The number of pyridine rings is 1. The molecule has 8 heteroatoms. The first-order chi connectivity index (χ1) is 12.2. The molecule has 0 aliphatic carbocycles. The van der Waals surface area contributed by atoms with Crippen molar-refractivity contribution in [2.45, 2.75) is 32.3 Å². The SMILES string of the molecule is COC(=O)c1ncc(C(O)c2ccc(F)c(Cl)c2)c2c1OC(C)(C)OC2. The summed E-state index contributed by atoms with van der Waals surface area (Å²) >= 11 is 5.80. The molecule has 1 aliphatic heterocycles. The van der Waals surface area contributed by atoms with Crippen LogP contribution in [0.25, 0.3) is 0 Å². The smallest absolute Gasteiger partial charge is 0.360 e. The molecule has 138 valence electrons. The van der Waals surface area contributed by atoms with Crippen molar-refractivity contribution in [1.29, 1.82) is 0 Å². The molecule has 26 heavy (non-hydrogen) atoms. The lowest BCUT2D eigenvalue weighted by atomic mass is 9.96. The van der Waals surface area contributed by atoms with Crippen LogP contribution in [0.4, 0.5) is 4.39 Å². The number of esters is 1. The number of hydrogen-bond acceptors (Lipinski definition) is 6. The number of methoxy groups -OCH3 is 1. The molecule has 0 spiro atoms. The van der Waals surface area contributed by atoms with Gasteiger partial charge in [0.05, 0.1) is 18.7 Å². The van der Waals surface area contributed by atoms with E-state index in [1.165, 1.54) is 31.5 Å². The molecule has 2 heterocycles. The summed E-state index contributed by atoms with van der Waals surface area (Å²) in [5.74, 6) is -2.03. The Kier molecular flexibility index (Phi) is 4.88. The average molecular weight is 382 g/mol. The van der Waals surface area contributed by atoms with Crippen molar-refractivity contribution < 1.29 is 28.5 Å². The molecular weight excluding hydrogens is 365 g/mol. The number of carbonyl (C=O) groups excluding carboxylic acids is 1. The zero-order chi connectivity index (χ0) is 19.1. The molecule has 1 unspecified atom stereocenters. The fourth-order valence-electron chi connectivity index (χ4n) is 2.66. The number of ether oxygens (including phenoxy) is 3. The Labute approximate surface area is 154 Å². The summed E-state index contributed by atoms with van der Waals surface area (Å²) in [5.41, 5.74) is 1.20. The molecule has 0 amide bonds. The number of aromatic nitrogens is 1. The molecule has 1 N–H and O–H groups in total. The molecule has 3 rings (SSSR count). The summed E-state index contributed by atoms with van der Waals surface area (Å²) in [7, 11) is 1.24. The summed E-state index contributed by atoms with van der Waals surface area (Å²) in [6.07, 6.45) is 0.187. The van der Waals surface area contributed by atoms with Gasteiger partial charge in [-0.1, -0.05) is 17.7 Å². The lowest BCUT2D eigenvalue weighted by molar-refractivity contribution is -0.181. The van der Waals surface area contributed by atoms with Crippen LogP contribution in [0.15, 0.2) is 24.4 Å². The fourth-order valence-corrected chi connectivity index (χ4v) is 2.85. The number of fused-ring (bicyclic) bond motifs is 1. The van der Waals surface area contributed by atoms with Gasteiger partial charge in [-0.25, -0.2) is 14.2 Å². The summed E-state index contributed by atoms with van der Waals surface area (Å²) in [4.78, 5) is 16.1. The van der Waals surface area contributed by atoms with Gasteiger partial charge in [0.1, 0.15) is 11.9 Å². The van der Waals surface area contributed by atoms with E-state index in [4.69, 9.17) is 25.8 Å². The molecule has 0 fully saturated rings. The second kappa shape index (κ2) is 6.83. The third-order valence-corrected chi connectivity index (χ3v) is 4.30. The van der Waals surface area contributed by atoms with E-state index in [1.807, 2.05) is 0 Å². The molecule has 2 aromatic rings. The fraction of sp³-hybridized carbons (Fsp3) is 0.333. The summed E-state index contributed by atoms with van der Waals surface area (Å²) < 4.78 is 29.5. The minimum atomic E-state index is -1.16. The molecule has 1 aromatic carbocycles. The number of hydrogen-bond donors (Lipinski definition) is 1. The van der Waals surface area contributed by atoms with Gasteiger partial charge in [0.2, 0.25) is 5.79 Å². The van der Waals surface area contributed by atoms with Gasteiger partial charge in [0.15, 0.2) is 11.4 Å². The highest BCUT2D eigenvalue weighted by Gasteiger charge is 2.35. The van der Waals surface area contributed by atoms with Crippen molar-refractivity contribution >= 4 is 17.6 Å². The number of nitrogens with zero attached hydrogens (tertiary/aromatic N) is 1. The zero-order valence-electron chi connectivity index (χ0n) is 14.4. The van der Waals surface area contributed by atoms with Gasteiger partial charge in [0, 0.05) is 31.2 Å². The standard InChI is InChI=1S/C18H17ClFNO5/c1-18(2)25-8-11-10(7-21-14(16(11)26-18)17(23)24-3)15(22)9-4-5-13(20)12(19)6-9/h4-7,15,22H,8H2,1-3H3. The number of aliphatic hydroxyl groups is 1. The molecule has 0 saturated heterocycles. The Morgan fingerprint density at radius 1 is 1.46 bits per heavy atom. The van der Waals surface area contributed by atoms with E-state index in [-0.39, 0.29) is 23.1 Å². The molecule has 0 bridgehead atoms. The Morgan fingerprint density at radius 2 is 2.19 bits per heavy atom. The molecular formula is C18H17ClFNO5. The van der Waals surface area contributed by atoms with Crippen LogP contribution in [-0.4, -0.2) is 29.0 Å². The van der Waals surface area contributed by atoms with E-state index in [9.17, 15) is 14.3 Å². The highest BCUT2D eigenvalue weighted by atomic mass is 35.5. The van der Waals surface area contributed by atoms with E-state index < -0.39 is 23.7 Å². The van der Waals surface area contributed by atoms with E-state index in [0.29, 0.717) is 16.7 Å². The molecule has 1 atom stereocenters. The zero-order valence-corrected chi connectivity index (χ0v) is 15.1. The van der Waals surface area contributed by atoms with Crippen LogP contribution in [-0.2, 0) is 16.1 Å². The van der Waals surface area contributed by atoms with Gasteiger partial charge >= 0.3 is 5.97 Å². The van der Waals surface area contributed by atoms with Crippen LogP contribution in [0.2, 0.25) is 5.02 Å². The quantitative estimate of drug-likeness (QED) is 0.821. The van der Waals surface area contributed by atoms with Gasteiger partial charge in [0.25, 0.3) is 0 Å². The van der Waals surface area contributed by atoms with Gasteiger partial charge in [-0.05, 0) is 17.7 Å². The van der Waals surface area contributed by atoms with Crippen LogP contribution in [0.5, 0.6) is 5.75 Å². The predicted octanol–water partition coefficient (Wildman–Crippen LogP) is 3.39.